The smallest absolute Gasteiger partial charge is 0.165 e. The van der Waals surface area contributed by atoms with Crippen LogP contribution in [0.25, 0.3) is 0 Å². The maximum Gasteiger partial charge on any atom is 0.165 e. The third-order valence-corrected chi connectivity index (χ3v) is 6.35. The lowest BCUT2D eigenvalue weighted by Crippen LogP contribution is -2.32. The van der Waals surface area contributed by atoms with E-state index in [1.807, 2.05) is 18.2 Å². The van der Waals surface area contributed by atoms with Gasteiger partial charge in [0.2, 0.25) is 0 Å². The molecule has 1 N–H and O–H groups in total. The zero-order chi connectivity index (χ0) is 22.7. The highest BCUT2D eigenvalue weighted by Gasteiger charge is 2.41. The Balaban J connectivity index is 2.38. The fourth-order valence-corrected chi connectivity index (χ4v) is 4.71. The number of benzene rings is 2. The van der Waals surface area contributed by atoms with Gasteiger partial charge in [0.1, 0.15) is 11.5 Å². The normalized spacial score (nSPS) is 19.9. The average Bonchev–Trinajstić information content (AvgIpc) is 2.81. The van der Waals surface area contributed by atoms with E-state index in [1.54, 1.807) is 42.7 Å². The summed E-state index contributed by atoms with van der Waals surface area (Å²) in [5.74, 6) is 3.77. The van der Waals surface area contributed by atoms with E-state index < -0.39 is 0 Å². The van der Waals surface area contributed by atoms with E-state index in [-0.39, 0.29) is 24.4 Å². The van der Waals surface area contributed by atoms with Crippen molar-refractivity contribution in [1.82, 2.24) is 0 Å². The number of hydrogen-bond acceptors (Lipinski definition) is 7. The molecular weight excluding hydrogens is 400 g/mol. The zero-order valence-electron chi connectivity index (χ0n) is 19.3. The molecule has 2 aromatic rings. The fraction of sp³-hybridized carbons (Fsp3) is 0.500. The Morgan fingerprint density at radius 3 is 1.81 bits per heavy atom. The Morgan fingerprint density at radius 2 is 1.29 bits per heavy atom. The minimum atomic E-state index is -0.158. The molecule has 1 aliphatic rings. The summed E-state index contributed by atoms with van der Waals surface area (Å²) in [6, 6.07) is 5.60. The maximum atomic E-state index is 10.2. The summed E-state index contributed by atoms with van der Waals surface area (Å²) in [5, 5.41) is 10.2. The highest BCUT2D eigenvalue weighted by molar-refractivity contribution is 5.64. The van der Waals surface area contributed by atoms with Gasteiger partial charge in [0.15, 0.2) is 23.0 Å². The summed E-state index contributed by atoms with van der Waals surface area (Å²) in [7, 11) is 9.71. The van der Waals surface area contributed by atoms with Crippen LogP contribution in [0.5, 0.6) is 34.5 Å². The highest BCUT2D eigenvalue weighted by atomic mass is 16.5. The van der Waals surface area contributed by atoms with E-state index in [0.717, 1.165) is 16.7 Å². The molecule has 1 aliphatic carbocycles. The van der Waals surface area contributed by atoms with Crippen LogP contribution in [0.15, 0.2) is 18.2 Å². The van der Waals surface area contributed by atoms with Crippen LogP contribution in [0.4, 0.5) is 0 Å². The quantitative estimate of drug-likeness (QED) is 0.682. The van der Waals surface area contributed by atoms with Crippen molar-refractivity contribution < 1.29 is 33.5 Å². The van der Waals surface area contributed by atoms with E-state index in [0.29, 0.717) is 40.9 Å². The van der Waals surface area contributed by atoms with Gasteiger partial charge >= 0.3 is 0 Å². The van der Waals surface area contributed by atoms with Crippen molar-refractivity contribution >= 4 is 0 Å². The lowest BCUT2D eigenvalue weighted by Gasteiger charge is -2.39. The first kappa shape index (κ1) is 22.9. The topological polar surface area (TPSA) is 75.6 Å². The summed E-state index contributed by atoms with van der Waals surface area (Å²) in [6.45, 7) is 2.19. The second-order valence-electron chi connectivity index (χ2n) is 7.64. The number of aliphatic hydroxyl groups is 1. The standard InChI is InChI=1S/C24H32O7/c1-13-14(12-25)8-15-18(27-3)11-21(30-6)24(31-7)23(15)22(13)16-9-19(28-4)20(29-5)10-17(16)26-2/h9-11,13-14,22,25H,8,12H2,1-7H3/t13-,14+,22-/m0/s1. The molecule has 0 bridgehead atoms. The van der Waals surface area contributed by atoms with Gasteiger partial charge in [-0.1, -0.05) is 6.92 Å². The van der Waals surface area contributed by atoms with Crippen LogP contribution >= 0.6 is 0 Å². The number of rotatable bonds is 8. The Bertz CT molecular complexity index is 925. The Labute approximate surface area is 183 Å². The molecule has 3 atom stereocenters. The number of aliphatic hydroxyl groups excluding tert-OH is 1. The molecule has 0 saturated carbocycles. The highest BCUT2D eigenvalue weighted by Crippen LogP contribution is 2.55. The first-order chi connectivity index (χ1) is 15.0. The molecule has 0 amide bonds. The number of hydrogen-bond donors (Lipinski definition) is 1. The number of ether oxygens (including phenoxy) is 6. The molecule has 0 radical (unpaired) electrons. The van der Waals surface area contributed by atoms with Crippen molar-refractivity contribution in [3.05, 3.63) is 34.9 Å². The average molecular weight is 433 g/mol. The zero-order valence-corrected chi connectivity index (χ0v) is 19.3. The van der Waals surface area contributed by atoms with Gasteiger partial charge in [-0.05, 0) is 24.3 Å². The molecule has 3 rings (SSSR count). The second-order valence-corrected chi connectivity index (χ2v) is 7.64. The fourth-order valence-electron chi connectivity index (χ4n) is 4.71. The first-order valence-electron chi connectivity index (χ1n) is 10.2. The van der Waals surface area contributed by atoms with Gasteiger partial charge in [-0.15, -0.1) is 0 Å². The van der Waals surface area contributed by atoms with Crippen molar-refractivity contribution in [3.8, 4) is 34.5 Å². The lowest BCUT2D eigenvalue weighted by atomic mass is 9.66. The van der Waals surface area contributed by atoms with Crippen LogP contribution < -0.4 is 28.4 Å². The van der Waals surface area contributed by atoms with Crippen LogP contribution in [0.1, 0.15) is 29.5 Å². The van der Waals surface area contributed by atoms with Crippen molar-refractivity contribution in [2.45, 2.75) is 19.3 Å². The van der Waals surface area contributed by atoms with E-state index in [1.165, 1.54) is 0 Å². The molecule has 2 aromatic carbocycles. The minimum absolute atomic E-state index is 0.0299. The van der Waals surface area contributed by atoms with Gasteiger partial charge in [-0.25, -0.2) is 0 Å². The lowest BCUT2D eigenvalue weighted by molar-refractivity contribution is 0.160. The van der Waals surface area contributed by atoms with Crippen LogP contribution in [-0.2, 0) is 6.42 Å². The minimum Gasteiger partial charge on any atom is -0.496 e. The predicted octanol–water partition coefficient (Wildman–Crippen LogP) is 3.67. The first-order valence-corrected chi connectivity index (χ1v) is 10.2. The van der Waals surface area contributed by atoms with E-state index in [4.69, 9.17) is 28.4 Å². The van der Waals surface area contributed by atoms with Crippen molar-refractivity contribution in [3.63, 3.8) is 0 Å². The van der Waals surface area contributed by atoms with Crippen LogP contribution in [0.3, 0.4) is 0 Å². The van der Waals surface area contributed by atoms with Gasteiger partial charge in [0, 0.05) is 41.3 Å². The Kier molecular flexibility index (Phi) is 7.05. The molecule has 0 saturated heterocycles. The Hall–Kier alpha value is -2.80. The molecule has 0 fully saturated rings. The summed E-state index contributed by atoms with van der Waals surface area (Å²) in [4.78, 5) is 0. The van der Waals surface area contributed by atoms with Crippen LogP contribution in [0, 0.1) is 11.8 Å². The third-order valence-electron chi connectivity index (χ3n) is 6.35. The molecule has 0 aromatic heterocycles. The van der Waals surface area contributed by atoms with Crippen molar-refractivity contribution in [2.75, 3.05) is 49.3 Å². The van der Waals surface area contributed by atoms with Crippen LogP contribution in [0.2, 0.25) is 0 Å². The predicted molar refractivity (Wildman–Crippen MR) is 117 cm³/mol. The number of fused-ring (bicyclic) bond motifs is 1. The van der Waals surface area contributed by atoms with E-state index in [9.17, 15) is 5.11 Å². The number of methoxy groups -OCH3 is 6. The van der Waals surface area contributed by atoms with Crippen LogP contribution in [-0.4, -0.2) is 54.4 Å². The largest absolute Gasteiger partial charge is 0.496 e. The van der Waals surface area contributed by atoms with Gasteiger partial charge < -0.3 is 33.5 Å². The summed E-state index contributed by atoms with van der Waals surface area (Å²) in [5.41, 5.74) is 2.89. The SMILES string of the molecule is COc1cc(OC)c([C@H]2c3c(c(OC)cc(OC)c3OC)C[C@H](CO)[C@@H]2C)cc1OC. The van der Waals surface area contributed by atoms with E-state index >= 15 is 0 Å². The summed E-state index contributed by atoms with van der Waals surface area (Å²) >= 11 is 0. The Morgan fingerprint density at radius 1 is 0.742 bits per heavy atom. The molecule has 170 valence electrons. The molecule has 0 spiro atoms. The third kappa shape index (κ3) is 3.82. The molecule has 0 aliphatic heterocycles. The monoisotopic (exact) mass is 432 g/mol. The van der Waals surface area contributed by atoms with Gasteiger partial charge in [-0.3, -0.25) is 0 Å². The van der Waals surface area contributed by atoms with Crippen molar-refractivity contribution in [2.24, 2.45) is 11.8 Å². The molecule has 7 nitrogen and oxygen atoms in total. The van der Waals surface area contributed by atoms with Crippen molar-refractivity contribution in [1.29, 1.82) is 0 Å². The molecule has 31 heavy (non-hydrogen) atoms. The molecule has 0 heterocycles. The van der Waals surface area contributed by atoms with Gasteiger partial charge in [-0.2, -0.15) is 0 Å². The maximum absolute atomic E-state index is 10.2. The molecule has 7 heteroatoms. The summed E-state index contributed by atoms with van der Waals surface area (Å²) in [6.07, 6.45) is 0.669. The molecular formula is C24H32O7. The molecule has 0 unspecified atom stereocenters. The summed E-state index contributed by atoms with van der Waals surface area (Å²) < 4.78 is 34.0. The second kappa shape index (κ2) is 9.56. The van der Waals surface area contributed by atoms with Gasteiger partial charge in [0.05, 0.1) is 42.7 Å². The van der Waals surface area contributed by atoms with E-state index in [2.05, 4.69) is 6.92 Å². The van der Waals surface area contributed by atoms with Gasteiger partial charge in [0.25, 0.3) is 0 Å².